The zero-order chi connectivity index (χ0) is 11.5. The molecule has 0 radical (unpaired) electrons. The number of nitrogens with one attached hydrogen (secondary N) is 1. The molecule has 1 heterocycles. The Bertz CT molecular complexity index is 181. The van der Waals surface area contributed by atoms with Gasteiger partial charge < -0.3 is 10.2 Å². The van der Waals surface area contributed by atoms with Gasteiger partial charge in [0.05, 0.1) is 0 Å². The molecule has 0 aromatic rings. The van der Waals surface area contributed by atoms with Gasteiger partial charge >= 0.3 is 0 Å². The van der Waals surface area contributed by atoms with Crippen LogP contribution >= 0.6 is 0 Å². The Labute approximate surface area is 95.4 Å². The largest absolute Gasteiger partial charge is 0.316 e. The zero-order valence-electron chi connectivity index (χ0n) is 11.1. The molecule has 0 aliphatic carbocycles. The highest BCUT2D eigenvalue weighted by molar-refractivity contribution is 4.85. The number of hydrogen-bond acceptors (Lipinski definition) is 2. The van der Waals surface area contributed by atoms with Crippen molar-refractivity contribution in [3.63, 3.8) is 0 Å². The molecular formula is C13H28N2. The van der Waals surface area contributed by atoms with E-state index in [1.54, 1.807) is 0 Å². The topological polar surface area (TPSA) is 15.3 Å². The lowest BCUT2D eigenvalue weighted by Gasteiger charge is -2.41. The van der Waals surface area contributed by atoms with Crippen LogP contribution in [0.5, 0.6) is 0 Å². The zero-order valence-corrected chi connectivity index (χ0v) is 11.1. The molecular weight excluding hydrogens is 184 g/mol. The third-order valence-corrected chi connectivity index (χ3v) is 3.94. The van der Waals surface area contributed by atoms with Gasteiger partial charge in [-0.3, -0.25) is 0 Å². The highest BCUT2D eigenvalue weighted by atomic mass is 15.1. The lowest BCUT2D eigenvalue weighted by atomic mass is 9.74. The van der Waals surface area contributed by atoms with Crippen LogP contribution in [0.3, 0.4) is 0 Å². The monoisotopic (exact) mass is 212 g/mol. The van der Waals surface area contributed by atoms with E-state index in [1.165, 1.54) is 32.5 Å². The molecule has 0 amide bonds. The number of hydrogen-bond donors (Lipinski definition) is 1. The summed E-state index contributed by atoms with van der Waals surface area (Å²) in [6.07, 6.45) is 2.74. The molecule has 0 aromatic heterocycles. The Morgan fingerprint density at radius 1 is 1.40 bits per heavy atom. The SMILES string of the molecule is CC(C)N(C)CC(C)(C)C1CCCNC1. The van der Waals surface area contributed by atoms with E-state index < -0.39 is 0 Å². The molecule has 0 aromatic carbocycles. The van der Waals surface area contributed by atoms with E-state index in [2.05, 4.69) is 45.0 Å². The average Bonchev–Trinajstić information content (AvgIpc) is 2.18. The van der Waals surface area contributed by atoms with Gasteiger partial charge in [0.2, 0.25) is 0 Å². The quantitative estimate of drug-likeness (QED) is 0.769. The first-order valence-electron chi connectivity index (χ1n) is 6.34. The van der Waals surface area contributed by atoms with Crippen LogP contribution in [0.25, 0.3) is 0 Å². The van der Waals surface area contributed by atoms with Crippen molar-refractivity contribution in [1.82, 2.24) is 10.2 Å². The van der Waals surface area contributed by atoms with E-state index in [0.29, 0.717) is 11.5 Å². The highest BCUT2D eigenvalue weighted by Crippen LogP contribution is 2.32. The van der Waals surface area contributed by atoms with Crippen molar-refractivity contribution in [2.75, 3.05) is 26.7 Å². The van der Waals surface area contributed by atoms with E-state index in [-0.39, 0.29) is 0 Å². The Hall–Kier alpha value is -0.0800. The summed E-state index contributed by atoms with van der Waals surface area (Å²) in [7, 11) is 2.24. The van der Waals surface area contributed by atoms with Crippen molar-refractivity contribution in [3.05, 3.63) is 0 Å². The first-order valence-corrected chi connectivity index (χ1v) is 6.34. The smallest absolute Gasteiger partial charge is 0.00357 e. The van der Waals surface area contributed by atoms with E-state index in [4.69, 9.17) is 0 Å². The minimum atomic E-state index is 0.437. The molecule has 90 valence electrons. The minimum Gasteiger partial charge on any atom is -0.316 e. The third kappa shape index (κ3) is 3.76. The first kappa shape index (κ1) is 13.0. The summed E-state index contributed by atoms with van der Waals surface area (Å²) in [4.78, 5) is 2.47. The van der Waals surface area contributed by atoms with Crippen molar-refractivity contribution in [3.8, 4) is 0 Å². The van der Waals surface area contributed by atoms with Crippen LogP contribution in [0.15, 0.2) is 0 Å². The molecule has 1 aliphatic heterocycles. The Morgan fingerprint density at radius 2 is 2.07 bits per heavy atom. The molecule has 1 fully saturated rings. The van der Waals surface area contributed by atoms with Gasteiger partial charge in [-0.05, 0) is 58.2 Å². The fourth-order valence-electron chi connectivity index (χ4n) is 2.47. The maximum Gasteiger partial charge on any atom is 0.00357 e. The van der Waals surface area contributed by atoms with Crippen molar-refractivity contribution < 1.29 is 0 Å². The average molecular weight is 212 g/mol. The van der Waals surface area contributed by atoms with Gasteiger partial charge in [-0.15, -0.1) is 0 Å². The molecule has 1 rings (SSSR count). The maximum absolute atomic E-state index is 3.52. The van der Waals surface area contributed by atoms with Crippen LogP contribution in [0.1, 0.15) is 40.5 Å². The summed E-state index contributed by atoms with van der Waals surface area (Å²) in [6, 6.07) is 0.654. The van der Waals surface area contributed by atoms with Crippen molar-refractivity contribution in [2.45, 2.75) is 46.6 Å². The van der Waals surface area contributed by atoms with Gasteiger partial charge in [-0.25, -0.2) is 0 Å². The van der Waals surface area contributed by atoms with Crippen LogP contribution in [-0.4, -0.2) is 37.6 Å². The van der Waals surface area contributed by atoms with Gasteiger partial charge in [0.15, 0.2) is 0 Å². The van der Waals surface area contributed by atoms with Crippen LogP contribution < -0.4 is 5.32 Å². The molecule has 1 unspecified atom stereocenters. The second-order valence-corrected chi connectivity index (χ2v) is 6.04. The van der Waals surface area contributed by atoms with Crippen molar-refractivity contribution in [2.24, 2.45) is 11.3 Å². The Morgan fingerprint density at radius 3 is 2.53 bits per heavy atom. The molecule has 1 atom stereocenters. The first-order chi connectivity index (χ1) is 6.93. The predicted octanol–water partition coefficient (Wildman–Crippen LogP) is 2.35. The molecule has 0 saturated carbocycles. The number of nitrogens with zero attached hydrogens (tertiary/aromatic N) is 1. The summed E-state index contributed by atoms with van der Waals surface area (Å²) in [5, 5.41) is 3.52. The van der Waals surface area contributed by atoms with Gasteiger partial charge in [-0.1, -0.05) is 13.8 Å². The standard InChI is InChI=1S/C13H28N2/c1-11(2)15(5)10-13(3,4)12-7-6-8-14-9-12/h11-12,14H,6-10H2,1-5H3. The van der Waals surface area contributed by atoms with Gasteiger partial charge in [0.1, 0.15) is 0 Å². The normalized spacial score (nSPS) is 23.8. The molecule has 1 N–H and O–H groups in total. The maximum atomic E-state index is 3.52. The molecule has 2 nitrogen and oxygen atoms in total. The van der Waals surface area contributed by atoms with E-state index in [9.17, 15) is 0 Å². The molecule has 1 aliphatic rings. The molecule has 1 saturated heterocycles. The fourth-order valence-corrected chi connectivity index (χ4v) is 2.47. The summed E-state index contributed by atoms with van der Waals surface area (Å²) in [6.45, 7) is 13.0. The van der Waals surface area contributed by atoms with E-state index in [1.807, 2.05) is 0 Å². The van der Waals surface area contributed by atoms with E-state index >= 15 is 0 Å². The summed E-state index contributed by atoms with van der Waals surface area (Å²) >= 11 is 0. The molecule has 2 heteroatoms. The second-order valence-electron chi connectivity index (χ2n) is 6.04. The van der Waals surface area contributed by atoms with Gasteiger partial charge in [0, 0.05) is 12.6 Å². The lowest BCUT2D eigenvalue weighted by Crippen LogP contribution is -2.45. The number of rotatable bonds is 4. The van der Waals surface area contributed by atoms with Gasteiger partial charge in [-0.2, -0.15) is 0 Å². The Kier molecular flexibility index (Phi) is 4.60. The van der Waals surface area contributed by atoms with Crippen molar-refractivity contribution in [1.29, 1.82) is 0 Å². The second kappa shape index (κ2) is 5.31. The fraction of sp³-hybridized carbons (Fsp3) is 1.00. The summed E-state index contributed by atoms with van der Waals surface area (Å²) in [5.41, 5.74) is 0.437. The molecule has 0 bridgehead atoms. The summed E-state index contributed by atoms with van der Waals surface area (Å²) < 4.78 is 0. The highest BCUT2D eigenvalue weighted by Gasteiger charge is 2.31. The van der Waals surface area contributed by atoms with Gasteiger partial charge in [0.25, 0.3) is 0 Å². The number of piperidine rings is 1. The van der Waals surface area contributed by atoms with E-state index in [0.717, 1.165) is 5.92 Å². The minimum absolute atomic E-state index is 0.437. The van der Waals surface area contributed by atoms with Crippen LogP contribution in [0.2, 0.25) is 0 Å². The Balaban J connectivity index is 2.48. The van der Waals surface area contributed by atoms with Crippen LogP contribution in [-0.2, 0) is 0 Å². The molecule has 15 heavy (non-hydrogen) atoms. The molecule has 0 spiro atoms. The predicted molar refractivity (Wildman–Crippen MR) is 67.1 cm³/mol. The van der Waals surface area contributed by atoms with Crippen molar-refractivity contribution >= 4 is 0 Å². The third-order valence-electron chi connectivity index (χ3n) is 3.94. The lowest BCUT2D eigenvalue weighted by molar-refractivity contribution is 0.0996. The van der Waals surface area contributed by atoms with Crippen LogP contribution in [0, 0.1) is 11.3 Å². The summed E-state index contributed by atoms with van der Waals surface area (Å²) in [5.74, 6) is 0.840. The van der Waals surface area contributed by atoms with Crippen LogP contribution in [0.4, 0.5) is 0 Å².